The second-order valence-electron chi connectivity index (χ2n) is 5.00. The maximum atomic E-state index is 12.7. The van der Waals surface area contributed by atoms with Crippen LogP contribution in [0.25, 0.3) is 11.3 Å². The van der Waals surface area contributed by atoms with Crippen LogP contribution in [0.2, 0.25) is 0 Å². The van der Waals surface area contributed by atoms with E-state index in [0.717, 1.165) is 16.8 Å². The standard InChI is InChI=1S/C18H15BrN2O2/c1-23-17-18(22)21(12-13-8-4-2-5-9-13)15(16(19)20-17)14-10-6-3-7-11-14/h2-11H,12H2,1H3. The summed E-state index contributed by atoms with van der Waals surface area (Å²) in [7, 11) is 1.45. The summed E-state index contributed by atoms with van der Waals surface area (Å²) in [5.41, 5.74) is 2.44. The van der Waals surface area contributed by atoms with Gasteiger partial charge < -0.3 is 4.74 Å². The van der Waals surface area contributed by atoms with E-state index in [-0.39, 0.29) is 11.4 Å². The first-order valence-electron chi connectivity index (χ1n) is 7.14. The van der Waals surface area contributed by atoms with Crippen molar-refractivity contribution in [2.75, 3.05) is 7.11 Å². The van der Waals surface area contributed by atoms with Crippen molar-refractivity contribution in [3.05, 3.63) is 81.2 Å². The highest BCUT2D eigenvalue weighted by Crippen LogP contribution is 2.27. The van der Waals surface area contributed by atoms with Gasteiger partial charge in [0, 0.05) is 5.56 Å². The van der Waals surface area contributed by atoms with Gasteiger partial charge in [0.15, 0.2) is 0 Å². The zero-order valence-electron chi connectivity index (χ0n) is 12.6. The summed E-state index contributed by atoms with van der Waals surface area (Å²) in [6.07, 6.45) is 0. The lowest BCUT2D eigenvalue weighted by molar-refractivity contribution is 0.385. The second kappa shape index (κ2) is 6.79. The lowest BCUT2D eigenvalue weighted by atomic mass is 10.1. The lowest BCUT2D eigenvalue weighted by Crippen LogP contribution is -2.25. The molecule has 3 rings (SSSR count). The van der Waals surface area contributed by atoms with Crippen molar-refractivity contribution < 1.29 is 4.74 Å². The van der Waals surface area contributed by atoms with E-state index in [1.807, 2.05) is 60.7 Å². The van der Waals surface area contributed by atoms with E-state index in [4.69, 9.17) is 4.74 Å². The van der Waals surface area contributed by atoms with Gasteiger partial charge in [-0.2, -0.15) is 4.98 Å². The average Bonchev–Trinajstić information content (AvgIpc) is 2.59. The van der Waals surface area contributed by atoms with Gasteiger partial charge in [-0.3, -0.25) is 9.36 Å². The van der Waals surface area contributed by atoms with Crippen molar-refractivity contribution in [1.29, 1.82) is 0 Å². The Morgan fingerprint density at radius 3 is 2.26 bits per heavy atom. The zero-order valence-corrected chi connectivity index (χ0v) is 14.2. The van der Waals surface area contributed by atoms with Crippen LogP contribution in [0.5, 0.6) is 5.88 Å². The molecule has 2 aromatic carbocycles. The maximum absolute atomic E-state index is 12.7. The number of hydrogen-bond donors (Lipinski definition) is 0. The van der Waals surface area contributed by atoms with Crippen LogP contribution >= 0.6 is 15.9 Å². The molecule has 0 spiro atoms. The van der Waals surface area contributed by atoms with E-state index < -0.39 is 0 Å². The number of nitrogens with zero attached hydrogens (tertiary/aromatic N) is 2. The summed E-state index contributed by atoms with van der Waals surface area (Å²) in [5.74, 6) is 0.0764. The zero-order chi connectivity index (χ0) is 16.2. The summed E-state index contributed by atoms with van der Waals surface area (Å²) >= 11 is 3.47. The number of benzene rings is 2. The molecule has 4 nitrogen and oxygen atoms in total. The summed E-state index contributed by atoms with van der Waals surface area (Å²) < 4.78 is 7.38. The minimum Gasteiger partial charge on any atom is -0.477 e. The molecule has 0 amide bonds. The van der Waals surface area contributed by atoms with Gasteiger partial charge in [0.2, 0.25) is 0 Å². The second-order valence-corrected chi connectivity index (χ2v) is 5.75. The van der Waals surface area contributed by atoms with Crippen LogP contribution in [-0.2, 0) is 6.54 Å². The van der Waals surface area contributed by atoms with Crippen LogP contribution in [0.3, 0.4) is 0 Å². The van der Waals surface area contributed by atoms with E-state index in [1.54, 1.807) is 4.57 Å². The first-order valence-corrected chi connectivity index (χ1v) is 7.93. The Balaban J connectivity index is 2.22. The summed E-state index contributed by atoms with van der Waals surface area (Å²) in [4.78, 5) is 16.9. The highest BCUT2D eigenvalue weighted by molar-refractivity contribution is 9.10. The summed E-state index contributed by atoms with van der Waals surface area (Å²) in [6, 6.07) is 19.6. The van der Waals surface area contributed by atoms with Gasteiger partial charge in [0.1, 0.15) is 4.60 Å². The largest absolute Gasteiger partial charge is 0.477 e. The van der Waals surface area contributed by atoms with Crippen LogP contribution in [0, 0.1) is 0 Å². The van der Waals surface area contributed by atoms with Gasteiger partial charge in [0.05, 0.1) is 19.3 Å². The van der Waals surface area contributed by atoms with Gasteiger partial charge in [0.25, 0.3) is 5.88 Å². The Morgan fingerprint density at radius 2 is 1.65 bits per heavy atom. The molecule has 0 aliphatic rings. The van der Waals surface area contributed by atoms with Crippen LogP contribution in [-0.4, -0.2) is 16.7 Å². The molecule has 23 heavy (non-hydrogen) atoms. The third kappa shape index (κ3) is 3.19. The van der Waals surface area contributed by atoms with E-state index >= 15 is 0 Å². The van der Waals surface area contributed by atoms with Crippen molar-refractivity contribution in [1.82, 2.24) is 9.55 Å². The SMILES string of the molecule is COc1nc(Br)c(-c2ccccc2)n(Cc2ccccc2)c1=O. The molecule has 0 saturated carbocycles. The molecule has 0 unspecified atom stereocenters. The predicted octanol–water partition coefficient (Wildman–Crippen LogP) is 3.73. The van der Waals surface area contributed by atoms with Crippen LogP contribution in [0.1, 0.15) is 5.56 Å². The smallest absolute Gasteiger partial charge is 0.314 e. The van der Waals surface area contributed by atoms with Crippen LogP contribution in [0.4, 0.5) is 0 Å². The molecule has 0 radical (unpaired) electrons. The fourth-order valence-electron chi connectivity index (χ4n) is 2.44. The van der Waals surface area contributed by atoms with Crippen molar-refractivity contribution in [2.45, 2.75) is 6.54 Å². The lowest BCUT2D eigenvalue weighted by Gasteiger charge is -2.15. The first kappa shape index (κ1) is 15.5. The minimum absolute atomic E-state index is 0.0764. The molecular weight excluding hydrogens is 356 g/mol. The topological polar surface area (TPSA) is 44.1 Å². The van der Waals surface area contributed by atoms with Crippen LogP contribution < -0.4 is 10.3 Å². The van der Waals surface area contributed by atoms with Crippen molar-refractivity contribution in [2.24, 2.45) is 0 Å². The monoisotopic (exact) mass is 370 g/mol. The highest BCUT2D eigenvalue weighted by atomic mass is 79.9. The molecule has 1 heterocycles. The fraction of sp³-hybridized carbons (Fsp3) is 0.111. The number of rotatable bonds is 4. The third-order valence-electron chi connectivity index (χ3n) is 3.52. The number of methoxy groups -OCH3 is 1. The highest BCUT2D eigenvalue weighted by Gasteiger charge is 2.17. The molecule has 0 atom stereocenters. The molecule has 0 aliphatic carbocycles. The van der Waals surface area contributed by atoms with Gasteiger partial charge in [-0.15, -0.1) is 0 Å². The first-order chi connectivity index (χ1) is 11.2. The molecule has 0 bridgehead atoms. The van der Waals surface area contributed by atoms with Gasteiger partial charge in [-0.25, -0.2) is 0 Å². The number of halogens is 1. The van der Waals surface area contributed by atoms with Gasteiger partial charge in [-0.05, 0) is 21.5 Å². The van der Waals surface area contributed by atoms with Crippen molar-refractivity contribution in [3.63, 3.8) is 0 Å². The molecule has 0 aliphatic heterocycles. The van der Waals surface area contributed by atoms with Crippen LogP contribution in [0.15, 0.2) is 70.1 Å². The summed E-state index contributed by atoms with van der Waals surface area (Å²) in [6.45, 7) is 0.446. The Bertz CT molecular complexity index is 861. The maximum Gasteiger partial charge on any atom is 0.314 e. The Hall–Kier alpha value is -2.40. The molecule has 116 valence electrons. The molecule has 3 aromatic rings. The summed E-state index contributed by atoms with van der Waals surface area (Å²) in [5, 5.41) is 0. The van der Waals surface area contributed by atoms with E-state index in [2.05, 4.69) is 20.9 Å². The van der Waals surface area contributed by atoms with E-state index in [1.165, 1.54) is 7.11 Å². The molecule has 0 saturated heterocycles. The third-order valence-corrected chi connectivity index (χ3v) is 4.07. The Kier molecular flexibility index (Phi) is 4.57. The fourth-order valence-corrected chi connectivity index (χ4v) is 3.04. The molecule has 0 fully saturated rings. The molecule has 5 heteroatoms. The number of aromatic nitrogens is 2. The Morgan fingerprint density at radius 1 is 1.04 bits per heavy atom. The molecule has 0 N–H and O–H groups in total. The Labute approximate surface area is 142 Å². The van der Waals surface area contributed by atoms with Crippen molar-refractivity contribution in [3.8, 4) is 17.1 Å². The normalized spacial score (nSPS) is 10.5. The van der Waals surface area contributed by atoms with E-state index in [0.29, 0.717) is 11.1 Å². The predicted molar refractivity (Wildman–Crippen MR) is 93.7 cm³/mol. The molecule has 1 aromatic heterocycles. The molecular formula is C18H15BrN2O2. The quantitative estimate of drug-likeness (QED) is 0.702. The van der Waals surface area contributed by atoms with Crippen molar-refractivity contribution >= 4 is 15.9 Å². The van der Waals surface area contributed by atoms with Gasteiger partial charge in [-0.1, -0.05) is 60.7 Å². The van der Waals surface area contributed by atoms with E-state index in [9.17, 15) is 4.79 Å². The van der Waals surface area contributed by atoms with Gasteiger partial charge >= 0.3 is 5.56 Å². The number of ether oxygens (including phenoxy) is 1. The minimum atomic E-state index is -0.251. The average molecular weight is 371 g/mol. The number of hydrogen-bond acceptors (Lipinski definition) is 3.